The summed E-state index contributed by atoms with van der Waals surface area (Å²) >= 11 is 5.95. The van der Waals surface area contributed by atoms with Crippen LogP contribution in [-0.2, 0) is 14.9 Å². The van der Waals surface area contributed by atoms with E-state index in [2.05, 4.69) is 15.4 Å². The third-order valence-corrected chi connectivity index (χ3v) is 6.07. The first kappa shape index (κ1) is 19.2. The van der Waals surface area contributed by atoms with Crippen molar-refractivity contribution in [3.63, 3.8) is 0 Å². The lowest BCUT2D eigenvalue weighted by atomic mass is 10.00. The van der Waals surface area contributed by atoms with Crippen LogP contribution in [0.5, 0.6) is 0 Å². The number of nitrogens with zero attached hydrogens (tertiary/aromatic N) is 2. The van der Waals surface area contributed by atoms with Crippen molar-refractivity contribution >= 4 is 28.9 Å². The van der Waals surface area contributed by atoms with Crippen LogP contribution in [0.1, 0.15) is 18.5 Å². The Kier molecular flexibility index (Phi) is 4.97. The Bertz CT molecular complexity index is 1040. The first-order valence-electron chi connectivity index (χ1n) is 10.1. The quantitative estimate of drug-likeness (QED) is 0.654. The Balaban J connectivity index is 1.28. The Morgan fingerprint density at radius 3 is 2.40 bits per heavy atom. The highest BCUT2D eigenvalue weighted by molar-refractivity contribution is 6.30. The van der Waals surface area contributed by atoms with Crippen molar-refractivity contribution in [3.05, 3.63) is 65.3 Å². The SMILES string of the molecule is O=C(Nc1ccc(N2CCOCC2)cc1)C1(c2cc(-c3ccc(Cl)cc3)on2)CC1. The second kappa shape index (κ2) is 7.78. The molecule has 1 aliphatic carbocycles. The number of aromatic nitrogens is 1. The largest absolute Gasteiger partial charge is 0.378 e. The van der Waals surface area contributed by atoms with E-state index in [-0.39, 0.29) is 5.91 Å². The summed E-state index contributed by atoms with van der Waals surface area (Å²) in [6.07, 6.45) is 1.52. The molecule has 0 unspecified atom stereocenters. The van der Waals surface area contributed by atoms with Gasteiger partial charge in [-0.25, -0.2) is 0 Å². The molecule has 2 aromatic carbocycles. The summed E-state index contributed by atoms with van der Waals surface area (Å²) in [4.78, 5) is 15.3. The number of hydrogen-bond acceptors (Lipinski definition) is 5. The molecule has 2 fully saturated rings. The summed E-state index contributed by atoms with van der Waals surface area (Å²) in [5, 5.41) is 7.91. The summed E-state index contributed by atoms with van der Waals surface area (Å²) in [6, 6.07) is 17.2. The number of nitrogens with one attached hydrogen (secondary N) is 1. The van der Waals surface area contributed by atoms with Crippen molar-refractivity contribution in [2.75, 3.05) is 36.5 Å². The van der Waals surface area contributed by atoms with Crippen molar-refractivity contribution in [2.45, 2.75) is 18.3 Å². The lowest BCUT2D eigenvalue weighted by molar-refractivity contribution is -0.118. The predicted octanol–water partition coefficient (Wildman–Crippen LogP) is 4.50. The van der Waals surface area contributed by atoms with Crippen molar-refractivity contribution in [3.8, 4) is 11.3 Å². The molecule has 0 radical (unpaired) electrons. The zero-order valence-electron chi connectivity index (χ0n) is 16.4. The summed E-state index contributed by atoms with van der Waals surface area (Å²) in [7, 11) is 0. The molecule has 0 bridgehead atoms. The molecule has 1 amide bonds. The van der Waals surface area contributed by atoms with Gasteiger partial charge in [-0.3, -0.25) is 4.79 Å². The summed E-state index contributed by atoms with van der Waals surface area (Å²) < 4.78 is 10.9. The van der Waals surface area contributed by atoms with Crippen LogP contribution in [0.25, 0.3) is 11.3 Å². The van der Waals surface area contributed by atoms with E-state index in [1.807, 2.05) is 42.5 Å². The maximum Gasteiger partial charge on any atom is 0.236 e. The first-order chi connectivity index (χ1) is 14.6. The maximum atomic E-state index is 13.0. The number of morpholine rings is 1. The van der Waals surface area contributed by atoms with Gasteiger partial charge in [-0.1, -0.05) is 16.8 Å². The van der Waals surface area contributed by atoms with Crippen LogP contribution in [0.15, 0.2) is 59.1 Å². The fourth-order valence-electron chi connectivity index (χ4n) is 3.80. The molecule has 154 valence electrons. The number of halogens is 1. The van der Waals surface area contributed by atoms with Crippen molar-refractivity contribution in [1.29, 1.82) is 0 Å². The van der Waals surface area contributed by atoms with Crippen LogP contribution >= 0.6 is 11.6 Å². The summed E-state index contributed by atoms with van der Waals surface area (Å²) in [6.45, 7) is 3.27. The highest BCUT2D eigenvalue weighted by atomic mass is 35.5. The molecule has 2 aliphatic rings. The number of hydrogen-bond donors (Lipinski definition) is 1. The molecule has 0 spiro atoms. The Morgan fingerprint density at radius 1 is 1.03 bits per heavy atom. The molecule has 30 heavy (non-hydrogen) atoms. The first-order valence-corrected chi connectivity index (χ1v) is 10.5. The zero-order valence-corrected chi connectivity index (χ0v) is 17.2. The molecule has 1 saturated heterocycles. The van der Waals surface area contributed by atoms with E-state index < -0.39 is 5.41 Å². The predicted molar refractivity (Wildman–Crippen MR) is 116 cm³/mol. The van der Waals surface area contributed by atoms with Gasteiger partial charge in [0.25, 0.3) is 0 Å². The molecule has 2 heterocycles. The van der Waals surface area contributed by atoms with Crippen LogP contribution in [0.2, 0.25) is 5.02 Å². The monoisotopic (exact) mass is 423 g/mol. The van der Waals surface area contributed by atoms with Gasteiger partial charge >= 0.3 is 0 Å². The lowest BCUT2D eigenvalue weighted by Crippen LogP contribution is -2.36. The molecular formula is C23H22ClN3O3. The lowest BCUT2D eigenvalue weighted by Gasteiger charge is -2.29. The van der Waals surface area contributed by atoms with Gasteiger partial charge in [0.05, 0.1) is 24.3 Å². The van der Waals surface area contributed by atoms with Gasteiger partial charge in [-0.15, -0.1) is 0 Å². The Morgan fingerprint density at radius 2 is 1.73 bits per heavy atom. The number of amides is 1. The summed E-state index contributed by atoms with van der Waals surface area (Å²) in [5.41, 5.74) is 2.87. The molecular weight excluding hydrogens is 402 g/mol. The fourth-order valence-corrected chi connectivity index (χ4v) is 3.93. The highest BCUT2D eigenvalue weighted by Gasteiger charge is 2.53. The van der Waals surface area contributed by atoms with Gasteiger partial charge in [0.2, 0.25) is 5.91 Å². The van der Waals surface area contributed by atoms with Crippen molar-refractivity contribution in [1.82, 2.24) is 5.16 Å². The minimum absolute atomic E-state index is 0.0439. The summed E-state index contributed by atoms with van der Waals surface area (Å²) in [5.74, 6) is 0.591. The second-order valence-electron chi connectivity index (χ2n) is 7.77. The van der Waals surface area contributed by atoms with Crippen LogP contribution in [-0.4, -0.2) is 37.4 Å². The van der Waals surface area contributed by atoms with Gasteiger partial charge in [-0.2, -0.15) is 0 Å². The number of rotatable bonds is 5. The van der Waals surface area contributed by atoms with E-state index in [4.69, 9.17) is 20.9 Å². The van der Waals surface area contributed by atoms with E-state index in [0.717, 1.165) is 56.1 Å². The zero-order chi connectivity index (χ0) is 20.6. The molecule has 1 saturated carbocycles. The number of carbonyl (C=O) groups is 1. The van der Waals surface area contributed by atoms with E-state index in [1.54, 1.807) is 12.1 Å². The molecule has 3 aromatic rings. The van der Waals surface area contributed by atoms with Gasteiger partial charge in [0, 0.05) is 41.1 Å². The maximum absolute atomic E-state index is 13.0. The van der Waals surface area contributed by atoms with Gasteiger partial charge in [0.1, 0.15) is 0 Å². The Hall–Kier alpha value is -2.83. The third-order valence-electron chi connectivity index (χ3n) is 5.82. The minimum atomic E-state index is -0.614. The third kappa shape index (κ3) is 3.68. The van der Waals surface area contributed by atoms with E-state index in [0.29, 0.717) is 16.5 Å². The molecule has 5 rings (SSSR count). The van der Waals surface area contributed by atoms with E-state index >= 15 is 0 Å². The second-order valence-corrected chi connectivity index (χ2v) is 8.20. The Labute approximate surface area is 179 Å². The van der Waals surface area contributed by atoms with Crippen LogP contribution in [0.3, 0.4) is 0 Å². The van der Waals surface area contributed by atoms with E-state index in [9.17, 15) is 4.79 Å². The minimum Gasteiger partial charge on any atom is -0.378 e. The molecule has 1 aromatic heterocycles. The number of ether oxygens (including phenoxy) is 1. The standard InChI is InChI=1S/C23H22ClN3O3/c24-17-3-1-16(2-4-17)20-15-21(26-30-20)23(9-10-23)22(28)25-18-5-7-19(8-6-18)27-11-13-29-14-12-27/h1-8,15H,9-14H2,(H,25,28). The van der Waals surface area contributed by atoms with Gasteiger partial charge < -0.3 is 19.5 Å². The average molecular weight is 424 g/mol. The number of anilines is 2. The molecule has 1 aliphatic heterocycles. The smallest absolute Gasteiger partial charge is 0.236 e. The van der Waals surface area contributed by atoms with Gasteiger partial charge in [-0.05, 0) is 61.4 Å². The molecule has 1 N–H and O–H groups in total. The van der Waals surface area contributed by atoms with E-state index in [1.165, 1.54) is 0 Å². The number of carbonyl (C=O) groups excluding carboxylic acids is 1. The van der Waals surface area contributed by atoms with Crippen molar-refractivity contribution in [2.24, 2.45) is 0 Å². The number of benzene rings is 2. The molecule has 6 nitrogen and oxygen atoms in total. The normalized spacial score (nSPS) is 17.6. The van der Waals surface area contributed by atoms with Crippen LogP contribution < -0.4 is 10.2 Å². The van der Waals surface area contributed by atoms with Crippen LogP contribution in [0.4, 0.5) is 11.4 Å². The van der Waals surface area contributed by atoms with Crippen molar-refractivity contribution < 1.29 is 14.1 Å². The molecule has 7 heteroatoms. The molecule has 0 atom stereocenters. The topological polar surface area (TPSA) is 67.6 Å². The van der Waals surface area contributed by atoms with Gasteiger partial charge in [0.15, 0.2) is 5.76 Å². The fraction of sp³-hybridized carbons (Fsp3) is 0.304. The van der Waals surface area contributed by atoms with Crippen LogP contribution in [0, 0.1) is 0 Å². The highest BCUT2D eigenvalue weighted by Crippen LogP contribution is 2.49. The average Bonchev–Trinajstić information content (AvgIpc) is 3.45.